The number of fused-ring (bicyclic) bond motifs is 1. The van der Waals surface area contributed by atoms with Crippen LogP contribution in [0.5, 0.6) is 5.75 Å². The van der Waals surface area contributed by atoms with Crippen molar-refractivity contribution in [3.8, 4) is 5.75 Å². The minimum atomic E-state index is -1.93. The number of aliphatic hydroxyl groups is 1. The Balaban J connectivity index is 1.93. The molecule has 0 amide bonds. The number of ether oxygens (including phenoxy) is 1. The number of carboxylic acids is 1. The molecule has 1 aliphatic heterocycles. The highest BCUT2D eigenvalue weighted by Gasteiger charge is 2.43. The number of rotatable bonds is 6. The lowest BCUT2D eigenvalue weighted by molar-refractivity contribution is -0.160. The van der Waals surface area contributed by atoms with Crippen LogP contribution in [-0.2, 0) is 23.1 Å². The molecule has 0 radical (unpaired) electrons. The van der Waals surface area contributed by atoms with Crippen LogP contribution in [0.3, 0.4) is 0 Å². The molecule has 1 unspecified atom stereocenters. The van der Waals surface area contributed by atoms with E-state index in [-0.39, 0.29) is 12.8 Å². The molecule has 1 atom stereocenters. The number of para-hydroxylation sites is 1. The third-order valence-corrected chi connectivity index (χ3v) is 5.39. The summed E-state index contributed by atoms with van der Waals surface area (Å²) in [5.74, 6) is -0.429. The zero-order valence-corrected chi connectivity index (χ0v) is 15.7. The van der Waals surface area contributed by atoms with Crippen molar-refractivity contribution in [3.63, 3.8) is 0 Å². The number of hydrogen-bond acceptors (Lipinski definition) is 3. The lowest BCUT2D eigenvalue weighted by Crippen LogP contribution is -2.45. The van der Waals surface area contributed by atoms with Gasteiger partial charge in [0.2, 0.25) is 0 Å². The molecular weight excluding hydrogens is 352 g/mol. The topological polar surface area (TPSA) is 66.8 Å². The first-order chi connectivity index (χ1) is 12.2. The predicted molar refractivity (Wildman–Crippen MR) is 101 cm³/mol. The maximum atomic E-state index is 12.0. The number of hydrogen-bond donors (Lipinski definition) is 2. The van der Waals surface area contributed by atoms with Crippen molar-refractivity contribution in [1.82, 2.24) is 0 Å². The summed E-state index contributed by atoms with van der Waals surface area (Å²) in [5, 5.41) is 21.2. The van der Waals surface area contributed by atoms with E-state index in [2.05, 4.69) is 0 Å². The molecule has 2 aromatic carbocycles. The van der Waals surface area contributed by atoms with Crippen LogP contribution in [0.2, 0.25) is 5.02 Å². The second kappa shape index (κ2) is 6.93. The average Bonchev–Trinajstić information content (AvgIpc) is 3.04. The van der Waals surface area contributed by atoms with E-state index < -0.39 is 17.0 Å². The van der Waals surface area contributed by atoms with Crippen molar-refractivity contribution in [2.45, 2.75) is 44.1 Å². The maximum absolute atomic E-state index is 12.0. The fourth-order valence-corrected chi connectivity index (χ4v) is 3.95. The molecule has 5 heteroatoms. The van der Waals surface area contributed by atoms with E-state index in [1.165, 1.54) is 0 Å². The summed E-state index contributed by atoms with van der Waals surface area (Å²) in [6.07, 6.45) is 0.837. The van der Waals surface area contributed by atoms with Gasteiger partial charge in [0, 0.05) is 23.4 Å². The molecule has 0 aliphatic carbocycles. The summed E-state index contributed by atoms with van der Waals surface area (Å²) in [6.45, 7) is 4.50. The number of carbonyl (C=O) groups is 1. The molecule has 0 saturated heterocycles. The van der Waals surface area contributed by atoms with E-state index in [4.69, 9.17) is 16.3 Å². The van der Waals surface area contributed by atoms with Crippen LogP contribution in [0.1, 0.15) is 37.0 Å². The molecule has 4 nitrogen and oxygen atoms in total. The highest BCUT2D eigenvalue weighted by Crippen LogP contribution is 2.42. The summed E-state index contributed by atoms with van der Waals surface area (Å²) in [7, 11) is 0. The number of halogens is 1. The summed E-state index contributed by atoms with van der Waals surface area (Å²) in [4.78, 5) is 12.0. The molecule has 2 N–H and O–H groups in total. The van der Waals surface area contributed by atoms with E-state index in [0.717, 1.165) is 23.3 Å². The Morgan fingerprint density at radius 3 is 2.62 bits per heavy atom. The molecule has 0 saturated carbocycles. The van der Waals surface area contributed by atoms with Crippen LogP contribution in [-0.4, -0.2) is 28.4 Å². The molecular formula is C21H23ClO4. The van der Waals surface area contributed by atoms with Gasteiger partial charge in [0.05, 0.1) is 6.61 Å². The molecule has 0 spiro atoms. The minimum absolute atomic E-state index is 0.0420. The quantitative estimate of drug-likeness (QED) is 0.802. The van der Waals surface area contributed by atoms with Gasteiger partial charge in [-0.15, -0.1) is 0 Å². The van der Waals surface area contributed by atoms with Crippen LogP contribution >= 0.6 is 11.6 Å². The molecule has 1 heterocycles. The monoisotopic (exact) mass is 374 g/mol. The van der Waals surface area contributed by atoms with E-state index in [1.54, 1.807) is 24.3 Å². The third-order valence-electron chi connectivity index (χ3n) is 5.02. The first-order valence-corrected chi connectivity index (χ1v) is 9.05. The molecule has 0 fully saturated rings. The summed E-state index contributed by atoms with van der Waals surface area (Å²) >= 11 is 6.18. The molecule has 0 bridgehead atoms. The second-order valence-electron chi connectivity index (χ2n) is 7.56. The molecule has 138 valence electrons. The SMILES string of the molecule is CC(C)(CC(O)(Cc1ccccc1Cl)C(=O)O)c1cccc2c1OCC2. The largest absolute Gasteiger partial charge is 0.493 e. The van der Waals surface area contributed by atoms with Crippen molar-refractivity contribution in [2.75, 3.05) is 6.61 Å². The van der Waals surface area contributed by atoms with Crippen LogP contribution in [0.4, 0.5) is 0 Å². The van der Waals surface area contributed by atoms with Gasteiger partial charge in [0.1, 0.15) is 5.75 Å². The second-order valence-corrected chi connectivity index (χ2v) is 7.97. The van der Waals surface area contributed by atoms with Crippen molar-refractivity contribution in [3.05, 3.63) is 64.2 Å². The Hall–Kier alpha value is -2.04. The van der Waals surface area contributed by atoms with Crippen molar-refractivity contribution >= 4 is 17.6 Å². The van der Waals surface area contributed by atoms with Gasteiger partial charge in [-0.2, -0.15) is 0 Å². The van der Waals surface area contributed by atoms with Crippen LogP contribution in [0, 0.1) is 0 Å². The molecule has 1 aliphatic rings. The molecule has 0 aromatic heterocycles. The van der Waals surface area contributed by atoms with E-state index in [0.29, 0.717) is 17.2 Å². The normalized spacial score (nSPS) is 15.8. The highest BCUT2D eigenvalue weighted by atomic mass is 35.5. The van der Waals surface area contributed by atoms with Gasteiger partial charge < -0.3 is 14.9 Å². The fourth-order valence-electron chi connectivity index (χ4n) is 3.75. The molecule has 26 heavy (non-hydrogen) atoms. The predicted octanol–water partition coefficient (Wildman–Crippen LogP) is 4.00. The standard InChI is InChI=1S/C21H23ClO4/c1-20(2,16-8-5-7-14-10-11-26-18(14)16)13-21(25,19(23)24)12-15-6-3-4-9-17(15)22/h3-9,25H,10-13H2,1-2H3,(H,23,24). The van der Waals surface area contributed by atoms with Gasteiger partial charge in [-0.25, -0.2) is 4.79 Å². The Morgan fingerprint density at radius 2 is 1.92 bits per heavy atom. The molecule has 3 rings (SSSR count). The maximum Gasteiger partial charge on any atom is 0.336 e. The first kappa shape index (κ1) is 18.7. The average molecular weight is 375 g/mol. The van der Waals surface area contributed by atoms with Gasteiger partial charge in [0.15, 0.2) is 5.60 Å². The summed E-state index contributed by atoms with van der Waals surface area (Å²) in [6, 6.07) is 12.9. The number of benzene rings is 2. The van der Waals surface area contributed by atoms with E-state index >= 15 is 0 Å². The zero-order valence-electron chi connectivity index (χ0n) is 15.0. The van der Waals surface area contributed by atoms with Gasteiger partial charge >= 0.3 is 5.97 Å². The van der Waals surface area contributed by atoms with Gasteiger partial charge in [-0.3, -0.25) is 0 Å². The van der Waals surface area contributed by atoms with Crippen molar-refractivity contribution < 1.29 is 19.7 Å². The lowest BCUT2D eigenvalue weighted by atomic mass is 9.72. The molecule has 2 aromatic rings. The fraction of sp³-hybridized carbons (Fsp3) is 0.381. The highest BCUT2D eigenvalue weighted by molar-refractivity contribution is 6.31. The van der Waals surface area contributed by atoms with Crippen LogP contribution in [0.25, 0.3) is 0 Å². The Bertz CT molecular complexity index is 831. The number of aliphatic carboxylic acids is 1. The summed E-state index contributed by atoms with van der Waals surface area (Å²) < 4.78 is 5.78. The zero-order chi connectivity index (χ0) is 18.9. The van der Waals surface area contributed by atoms with Gasteiger partial charge in [-0.05, 0) is 29.0 Å². The van der Waals surface area contributed by atoms with E-state index in [1.807, 2.05) is 32.0 Å². The lowest BCUT2D eigenvalue weighted by Gasteiger charge is -2.35. The van der Waals surface area contributed by atoms with Crippen molar-refractivity contribution in [1.29, 1.82) is 0 Å². The van der Waals surface area contributed by atoms with Gasteiger partial charge in [0.25, 0.3) is 0 Å². The Labute approximate surface area is 158 Å². The van der Waals surface area contributed by atoms with Gasteiger partial charge in [-0.1, -0.05) is 61.8 Å². The first-order valence-electron chi connectivity index (χ1n) is 8.67. The Kier molecular flexibility index (Phi) is 5.00. The number of carboxylic acid groups (broad SMARTS) is 1. The Morgan fingerprint density at radius 1 is 1.19 bits per heavy atom. The van der Waals surface area contributed by atoms with Crippen LogP contribution in [0.15, 0.2) is 42.5 Å². The summed E-state index contributed by atoms with van der Waals surface area (Å²) in [5.41, 5.74) is 0.135. The smallest absolute Gasteiger partial charge is 0.336 e. The minimum Gasteiger partial charge on any atom is -0.493 e. The van der Waals surface area contributed by atoms with Crippen LogP contribution < -0.4 is 4.74 Å². The van der Waals surface area contributed by atoms with E-state index in [9.17, 15) is 15.0 Å². The van der Waals surface area contributed by atoms with Crippen molar-refractivity contribution in [2.24, 2.45) is 0 Å². The third kappa shape index (κ3) is 3.57.